The summed E-state index contributed by atoms with van der Waals surface area (Å²) in [7, 11) is 1.46. The van der Waals surface area contributed by atoms with Gasteiger partial charge in [-0.2, -0.15) is 0 Å². The summed E-state index contributed by atoms with van der Waals surface area (Å²) in [6.45, 7) is 5.34. The molecule has 0 aliphatic rings. The summed E-state index contributed by atoms with van der Waals surface area (Å²) in [5.74, 6) is -1.03. The smallest absolute Gasteiger partial charge is 0.326 e. The third-order valence-corrected chi connectivity index (χ3v) is 4.21. The Morgan fingerprint density at radius 2 is 2.16 bits per heavy atom. The van der Waals surface area contributed by atoms with E-state index >= 15 is 0 Å². The maximum absolute atomic E-state index is 11.9. The van der Waals surface area contributed by atoms with Gasteiger partial charge in [0.25, 0.3) is 0 Å². The minimum Gasteiger partial charge on any atom is -0.480 e. The van der Waals surface area contributed by atoms with Gasteiger partial charge in [-0.15, -0.1) is 11.3 Å². The van der Waals surface area contributed by atoms with Crippen molar-refractivity contribution in [1.82, 2.24) is 15.2 Å². The van der Waals surface area contributed by atoms with Gasteiger partial charge in [0, 0.05) is 18.1 Å². The molecule has 2 N–H and O–H groups in total. The number of urea groups is 1. The van der Waals surface area contributed by atoms with E-state index in [2.05, 4.69) is 10.3 Å². The van der Waals surface area contributed by atoms with Crippen molar-refractivity contribution in [2.75, 3.05) is 7.05 Å². The van der Waals surface area contributed by atoms with Crippen molar-refractivity contribution >= 4 is 23.3 Å². The molecular formula is C12H19N3O3S. The number of carboxylic acid groups (broad SMARTS) is 1. The van der Waals surface area contributed by atoms with Crippen LogP contribution in [0.1, 0.15) is 36.7 Å². The van der Waals surface area contributed by atoms with Gasteiger partial charge in [-0.1, -0.05) is 6.92 Å². The fourth-order valence-corrected chi connectivity index (χ4v) is 2.24. The predicted molar refractivity (Wildman–Crippen MR) is 73.3 cm³/mol. The second-order valence-electron chi connectivity index (χ2n) is 4.31. The van der Waals surface area contributed by atoms with Gasteiger partial charge in [-0.05, 0) is 20.3 Å². The lowest BCUT2D eigenvalue weighted by Gasteiger charge is -2.23. The summed E-state index contributed by atoms with van der Waals surface area (Å²) in [4.78, 5) is 29.3. The second-order valence-corrected chi connectivity index (χ2v) is 5.46. The number of carbonyl (C=O) groups is 2. The molecule has 0 bridgehead atoms. The number of carbonyl (C=O) groups excluding carboxylic acids is 1. The SMILES string of the molecule is CCc1cnc(C(C)NC(=O)N(C)C(C)C(=O)O)s1. The van der Waals surface area contributed by atoms with E-state index < -0.39 is 18.0 Å². The molecule has 0 aliphatic carbocycles. The van der Waals surface area contributed by atoms with Crippen molar-refractivity contribution in [1.29, 1.82) is 0 Å². The van der Waals surface area contributed by atoms with Crippen LogP contribution in [0.2, 0.25) is 0 Å². The summed E-state index contributed by atoms with van der Waals surface area (Å²) in [5.41, 5.74) is 0. The van der Waals surface area contributed by atoms with Crippen LogP contribution in [-0.2, 0) is 11.2 Å². The molecule has 2 unspecified atom stereocenters. The molecule has 106 valence electrons. The van der Waals surface area contributed by atoms with Crippen LogP contribution in [0, 0.1) is 0 Å². The number of rotatable bonds is 5. The number of carboxylic acids is 1. The van der Waals surface area contributed by atoms with Gasteiger partial charge in [0.1, 0.15) is 11.0 Å². The highest BCUT2D eigenvalue weighted by atomic mass is 32.1. The summed E-state index contributed by atoms with van der Waals surface area (Å²) >= 11 is 1.55. The first-order valence-corrected chi connectivity index (χ1v) is 6.89. The minimum absolute atomic E-state index is 0.235. The fraction of sp³-hybridized carbons (Fsp3) is 0.583. The normalized spacial score (nSPS) is 13.7. The Labute approximate surface area is 116 Å². The van der Waals surface area contributed by atoms with Crippen LogP contribution in [0.5, 0.6) is 0 Å². The van der Waals surface area contributed by atoms with Crippen LogP contribution < -0.4 is 5.32 Å². The van der Waals surface area contributed by atoms with Crippen molar-refractivity contribution in [2.45, 2.75) is 39.3 Å². The van der Waals surface area contributed by atoms with Crippen LogP contribution in [0.4, 0.5) is 4.79 Å². The molecule has 0 aromatic carbocycles. The first-order chi connectivity index (χ1) is 8.86. The molecule has 0 aliphatic heterocycles. The first-order valence-electron chi connectivity index (χ1n) is 6.07. The lowest BCUT2D eigenvalue weighted by atomic mass is 10.3. The van der Waals surface area contributed by atoms with Crippen LogP contribution in [0.25, 0.3) is 0 Å². The summed E-state index contributed by atoms with van der Waals surface area (Å²) in [5, 5.41) is 12.4. The number of aromatic nitrogens is 1. The van der Waals surface area contributed by atoms with Crippen LogP contribution in [-0.4, -0.2) is 40.1 Å². The highest BCUT2D eigenvalue weighted by molar-refractivity contribution is 7.11. The van der Waals surface area contributed by atoms with E-state index in [1.165, 1.54) is 14.0 Å². The van der Waals surface area contributed by atoms with E-state index in [4.69, 9.17) is 5.11 Å². The molecule has 0 radical (unpaired) electrons. The quantitative estimate of drug-likeness (QED) is 0.865. The van der Waals surface area contributed by atoms with E-state index in [1.807, 2.05) is 13.8 Å². The van der Waals surface area contributed by atoms with Crippen molar-refractivity contribution in [2.24, 2.45) is 0 Å². The zero-order chi connectivity index (χ0) is 14.6. The van der Waals surface area contributed by atoms with Gasteiger partial charge in [-0.3, -0.25) is 0 Å². The van der Waals surface area contributed by atoms with Gasteiger partial charge >= 0.3 is 12.0 Å². The van der Waals surface area contributed by atoms with Crippen molar-refractivity contribution in [3.8, 4) is 0 Å². The van der Waals surface area contributed by atoms with Gasteiger partial charge < -0.3 is 15.3 Å². The van der Waals surface area contributed by atoms with Crippen molar-refractivity contribution in [3.05, 3.63) is 16.1 Å². The maximum Gasteiger partial charge on any atom is 0.326 e. The largest absolute Gasteiger partial charge is 0.480 e. The highest BCUT2D eigenvalue weighted by Gasteiger charge is 2.23. The van der Waals surface area contributed by atoms with E-state index in [-0.39, 0.29) is 6.04 Å². The molecule has 7 heteroatoms. The number of nitrogens with one attached hydrogen (secondary N) is 1. The number of aryl methyl sites for hydroxylation is 1. The van der Waals surface area contributed by atoms with E-state index in [0.717, 1.165) is 21.2 Å². The standard InChI is InChI=1S/C12H19N3O3S/c1-5-9-6-13-10(19-9)7(2)14-12(18)15(4)8(3)11(16)17/h6-8H,5H2,1-4H3,(H,14,18)(H,16,17). The summed E-state index contributed by atoms with van der Waals surface area (Å²) in [6, 6.07) is -1.52. The molecular weight excluding hydrogens is 266 g/mol. The van der Waals surface area contributed by atoms with Crippen molar-refractivity contribution in [3.63, 3.8) is 0 Å². The average molecular weight is 285 g/mol. The molecule has 6 nitrogen and oxygen atoms in total. The van der Waals surface area contributed by atoms with Crippen LogP contribution >= 0.6 is 11.3 Å². The molecule has 1 rings (SSSR count). The van der Waals surface area contributed by atoms with E-state index in [9.17, 15) is 9.59 Å². The van der Waals surface area contributed by atoms with E-state index in [1.54, 1.807) is 17.5 Å². The van der Waals surface area contributed by atoms with Crippen molar-refractivity contribution < 1.29 is 14.7 Å². The Kier molecular flexibility index (Phi) is 5.29. The van der Waals surface area contributed by atoms with E-state index in [0.29, 0.717) is 0 Å². The predicted octanol–water partition coefficient (Wildman–Crippen LogP) is 1.88. The molecule has 0 fully saturated rings. The molecule has 2 atom stereocenters. The number of amides is 2. The van der Waals surface area contributed by atoms with Crippen LogP contribution in [0.15, 0.2) is 6.20 Å². The maximum atomic E-state index is 11.9. The second kappa shape index (κ2) is 6.51. The van der Waals surface area contributed by atoms with Gasteiger partial charge in [0.15, 0.2) is 0 Å². The minimum atomic E-state index is -1.03. The number of nitrogens with zero attached hydrogens (tertiary/aromatic N) is 2. The summed E-state index contributed by atoms with van der Waals surface area (Å²) < 4.78 is 0. The van der Waals surface area contributed by atoms with Crippen LogP contribution in [0.3, 0.4) is 0 Å². The Hall–Kier alpha value is -1.63. The molecule has 1 heterocycles. The highest BCUT2D eigenvalue weighted by Crippen LogP contribution is 2.20. The molecule has 0 spiro atoms. The Morgan fingerprint density at radius 3 is 2.63 bits per heavy atom. The summed E-state index contributed by atoms with van der Waals surface area (Å²) in [6.07, 6.45) is 2.71. The zero-order valence-electron chi connectivity index (χ0n) is 11.5. The zero-order valence-corrected chi connectivity index (χ0v) is 12.3. The molecule has 1 aromatic heterocycles. The molecule has 0 saturated heterocycles. The molecule has 19 heavy (non-hydrogen) atoms. The lowest BCUT2D eigenvalue weighted by molar-refractivity contribution is -0.141. The lowest BCUT2D eigenvalue weighted by Crippen LogP contribution is -2.46. The van der Waals surface area contributed by atoms with Gasteiger partial charge in [-0.25, -0.2) is 14.6 Å². The third kappa shape index (κ3) is 3.92. The Morgan fingerprint density at radius 1 is 1.53 bits per heavy atom. The first kappa shape index (κ1) is 15.4. The van der Waals surface area contributed by atoms with Gasteiger partial charge in [0.2, 0.25) is 0 Å². The Bertz CT molecular complexity index is 461. The number of hydrogen-bond acceptors (Lipinski definition) is 4. The average Bonchev–Trinajstić information content (AvgIpc) is 2.85. The Balaban J connectivity index is 2.63. The van der Waals surface area contributed by atoms with Gasteiger partial charge in [0.05, 0.1) is 6.04 Å². The molecule has 1 aromatic rings. The number of hydrogen-bond donors (Lipinski definition) is 2. The molecule has 0 saturated carbocycles. The topological polar surface area (TPSA) is 82.5 Å². The number of likely N-dealkylation sites (N-methyl/N-ethyl adjacent to an activating group) is 1. The number of thiazole rings is 1. The number of aliphatic carboxylic acids is 1. The third-order valence-electron chi connectivity index (χ3n) is 2.89. The fourth-order valence-electron chi connectivity index (χ4n) is 1.38. The monoisotopic (exact) mass is 285 g/mol. The molecule has 2 amide bonds.